The minimum absolute atomic E-state index is 0.935. The quantitative estimate of drug-likeness (QED) is 0.391. The van der Waals surface area contributed by atoms with E-state index in [4.69, 9.17) is 44.8 Å². The van der Waals surface area contributed by atoms with Crippen molar-refractivity contribution in [3.63, 3.8) is 0 Å². The molecule has 0 saturated heterocycles. The van der Waals surface area contributed by atoms with Crippen molar-refractivity contribution in [1.82, 2.24) is 0 Å². The van der Waals surface area contributed by atoms with Gasteiger partial charge in [0.1, 0.15) is 0 Å². The first-order valence-electron chi connectivity index (χ1n) is 1.82. The Morgan fingerprint density at radius 2 is 1.56 bits per heavy atom. The topological polar surface area (TPSA) is 0 Å². The van der Waals surface area contributed by atoms with Gasteiger partial charge in [-0.2, -0.15) is 0 Å². The lowest BCUT2D eigenvalue weighted by Gasteiger charge is -2.17. The predicted octanol–water partition coefficient (Wildman–Crippen LogP) is 3.06. The zero-order valence-electron chi connectivity index (χ0n) is 3.97. The molecule has 9 heavy (non-hydrogen) atoms. The van der Waals surface area contributed by atoms with Gasteiger partial charge in [0.2, 0.25) is 0 Å². The third-order valence-electron chi connectivity index (χ3n) is 0.583. The number of rotatable bonds is 2. The van der Waals surface area contributed by atoms with Gasteiger partial charge in [0.25, 0.3) is 5.55 Å². The smallest absolute Gasteiger partial charge is 0.205 e. The van der Waals surface area contributed by atoms with Crippen LogP contribution in [-0.4, -0.2) is 17.4 Å². The summed E-state index contributed by atoms with van der Waals surface area (Å²) in [5.41, 5.74) is -3.32. The van der Waals surface area contributed by atoms with Gasteiger partial charge in [0, 0.05) is 0 Å². The highest BCUT2D eigenvalue weighted by atomic mass is 35.8. The van der Waals surface area contributed by atoms with Crippen LogP contribution >= 0.6 is 44.8 Å². The van der Waals surface area contributed by atoms with Gasteiger partial charge in [0.05, 0.1) is 5.88 Å². The molecule has 0 amide bonds. The van der Waals surface area contributed by atoms with Crippen molar-refractivity contribution in [3.8, 4) is 0 Å². The van der Waals surface area contributed by atoms with Crippen molar-refractivity contribution in [1.29, 1.82) is 0 Å². The first-order chi connectivity index (χ1) is 3.81. The molecule has 0 N–H and O–H groups in total. The molecule has 0 aliphatic rings. The third kappa shape index (κ3) is 2.76. The second-order valence-corrected chi connectivity index (χ2v) is 10.2. The van der Waals surface area contributed by atoms with E-state index in [0.717, 1.165) is 0 Å². The maximum absolute atomic E-state index is 12.2. The molecule has 0 fully saturated rings. The molecule has 0 aromatic heterocycles. The molecule has 0 nitrogen and oxygen atoms in total. The molecule has 56 valence electrons. The number of halogens is 6. The predicted molar refractivity (Wildman–Crippen MR) is 39.0 cm³/mol. The second kappa shape index (κ2) is 3.09. The highest BCUT2D eigenvalue weighted by Gasteiger charge is 2.53. The fourth-order valence-corrected chi connectivity index (χ4v) is 2.05. The average molecular weight is 234 g/mol. The van der Waals surface area contributed by atoms with Crippen LogP contribution in [0.3, 0.4) is 0 Å². The van der Waals surface area contributed by atoms with Crippen LogP contribution in [0.15, 0.2) is 0 Å². The maximum atomic E-state index is 12.2. The molecular weight excluding hydrogens is 232 g/mol. The van der Waals surface area contributed by atoms with Crippen molar-refractivity contribution in [2.24, 2.45) is 0 Å². The second-order valence-electron chi connectivity index (χ2n) is 1.34. The van der Waals surface area contributed by atoms with E-state index in [-0.39, 0.29) is 0 Å². The van der Waals surface area contributed by atoms with Gasteiger partial charge in [-0.3, -0.25) is 0 Å². The molecular formula is C2H2Cl4F2Si. The van der Waals surface area contributed by atoms with E-state index in [9.17, 15) is 8.78 Å². The van der Waals surface area contributed by atoms with Crippen LogP contribution in [0.2, 0.25) is 0 Å². The number of alkyl halides is 3. The zero-order chi connectivity index (χ0) is 7.71. The van der Waals surface area contributed by atoms with Crippen LogP contribution in [0.25, 0.3) is 0 Å². The van der Waals surface area contributed by atoms with Gasteiger partial charge in [-0.15, -0.1) is 44.8 Å². The molecule has 0 bridgehead atoms. The standard InChI is InChI=1S/C2H2Cl4F2Si/c3-1-2(7,8)9(4,5)6/h1H2. The van der Waals surface area contributed by atoms with Crippen LogP contribution in [-0.2, 0) is 0 Å². The molecule has 0 aliphatic carbocycles. The highest BCUT2D eigenvalue weighted by molar-refractivity contribution is 7.65. The molecule has 0 saturated carbocycles. The Labute approximate surface area is 71.1 Å². The molecule has 0 unspecified atom stereocenters. The van der Waals surface area contributed by atoms with Gasteiger partial charge in [0.15, 0.2) is 0 Å². The zero-order valence-corrected chi connectivity index (χ0v) is 8.00. The fourth-order valence-electron chi connectivity index (χ4n) is 0.0758. The van der Waals surface area contributed by atoms with Crippen LogP contribution in [0, 0.1) is 0 Å². The van der Waals surface area contributed by atoms with E-state index in [1.165, 1.54) is 0 Å². The molecule has 0 aromatic carbocycles. The fraction of sp³-hybridized carbons (Fsp3) is 1.00. The normalized spacial score (nSPS) is 14.0. The summed E-state index contributed by atoms with van der Waals surface area (Å²) in [7, 11) is 0. The van der Waals surface area contributed by atoms with E-state index >= 15 is 0 Å². The summed E-state index contributed by atoms with van der Waals surface area (Å²) in [6.07, 6.45) is 0. The van der Waals surface area contributed by atoms with Gasteiger partial charge >= 0.3 is 6.00 Å². The van der Waals surface area contributed by atoms with Crippen molar-refractivity contribution in [3.05, 3.63) is 0 Å². The summed E-state index contributed by atoms with van der Waals surface area (Å²) in [5, 5.41) is 0. The summed E-state index contributed by atoms with van der Waals surface area (Å²) < 4.78 is 24.4. The van der Waals surface area contributed by atoms with Crippen LogP contribution in [0.5, 0.6) is 0 Å². The van der Waals surface area contributed by atoms with E-state index in [2.05, 4.69) is 0 Å². The molecule has 0 radical (unpaired) electrons. The Hall–Kier alpha value is 1.24. The van der Waals surface area contributed by atoms with Crippen LogP contribution in [0.4, 0.5) is 8.78 Å². The van der Waals surface area contributed by atoms with Crippen LogP contribution in [0.1, 0.15) is 0 Å². The Bertz CT molecular complexity index is 99.2. The van der Waals surface area contributed by atoms with Crippen molar-refractivity contribution in [2.45, 2.75) is 5.55 Å². The van der Waals surface area contributed by atoms with E-state index < -0.39 is 17.4 Å². The Balaban J connectivity index is 4.14. The van der Waals surface area contributed by atoms with Gasteiger partial charge in [-0.05, 0) is 0 Å². The van der Waals surface area contributed by atoms with E-state index in [0.29, 0.717) is 0 Å². The lowest BCUT2D eigenvalue weighted by molar-refractivity contribution is 0.116. The lowest BCUT2D eigenvalue weighted by Crippen LogP contribution is -2.40. The van der Waals surface area contributed by atoms with E-state index in [1.54, 1.807) is 0 Å². The van der Waals surface area contributed by atoms with Crippen LogP contribution < -0.4 is 0 Å². The molecule has 0 aromatic rings. The summed E-state index contributed by atoms with van der Waals surface area (Å²) in [4.78, 5) is 0. The Kier molecular flexibility index (Phi) is 3.52. The number of hydrogen-bond acceptors (Lipinski definition) is 0. The molecule has 0 aliphatic heterocycles. The summed E-state index contributed by atoms with van der Waals surface area (Å²) >= 11 is 19.7. The molecule has 0 heterocycles. The van der Waals surface area contributed by atoms with E-state index in [1.807, 2.05) is 0 Å². The van der Waals surface area contributed by atoms with Gasteiger partial charge in [-0.1, -0.05) is 0 Å². The molecule has 0 rings (SSSR count). The summed E-state index contributed by atoms with van der Waals surface area (Å²) in [5.74, 6) is -0.935. The minimum atomic E-state index is -3.93. The number of hydrogen-bond donors (Lipinski definition) is 0. The third-order valence-corrected chi connectivity index (χ3v) is 4.64. The maximum Gasteiger partial charge on any atom is 0.417 e. The highest BCUT2D eigenvalue weighted by Crippen LogP contribution is 2.37. The van der Waals surface area contributed by atoms with Gasteiger partial charge < -0.3 is 0 Å². The summed E-state index contributed by atoms with van der Waals surface area (Å²) in [6.45, 7) is 0. The van der Waals surface area contributed by atoms with Crippen molar-refractivity contribution < 1.29 is 8.78 Å². The first-order valence-corrected chi connectivity index (χ1v) is 7.39. The molecule has 0 spiro atoms. The molecule has 7 heteroatoms. The largest absolute Gasteiger partial charge is 0.417 e. The first kappa shape index (κ1) is 10.2. The summed E-state index contributed by atoms with van der Waals surface area (Å²) in [6, 6.07) is -3.93. The SMILES string of the molecule is FC(F)(CCl)[Si](Cl)(Cl)Cl. The minimum Gasteiger partial charge on any atom is -0.205 e. The Morgan fingerprint density at radius 3 is 1.56 bits per heavy atom. The average Bonchev–Trinajstić information content (AvgIpc) is 1.64. The van der Waals surface area contributed by atoms with Gasteiger partial charge in [-0.25, -0.2) is 8.78 Å². The Morgan fingerprint density at radius 1 is 1.22 bits per heavy atom. The monoisotopic (exact) mass is 232 g/mol. The van der Waals surface area contributed by atoms with Crippen molar-refractivity contribution >= 4 is 50.8 Å². The van der Waals surface area contributed by atoms with Crippen molar-refractivity contribution in [2.75, 3.05) is 5.88 Å². The lowest BCUT2D eigenvalue weighted by atomic mass is 10.8. The molecule has 0 atom stereocenters.